The first-order valence-corrected chi connectivity index (χ1v) is 6.02. The van der Waals surface area contributed by atoms with E-state index in [4.69, 9.17) is 0 Å². The third-order valence-corrected chi connectivity index (χ3v) is 3.44. The van der Waals surface area contributed by atoms with Crippen LogP contribution in [-0.2, 0) is 16.0 Å². The van der Waals surface area contributed by atoms with E-state index in [1.165, 1.54) is 13.3 Å². The molecule has 3 nitrogen and oxygen atoms in total. The minimum absolute atomic E-state index is 0.190. The van der Waals surface area contributed by atoms with Crippen molar-refractivity contribution < 1.29 is 18.3 Å². The molecule has 0 bridgehead atoms. The van der Waals surface area contributed by atoms with E-state index >= 15 is 0 Å². The van der Waals surface area contributed by atoms with Gasteiger partial charge in [0.05, 0.1) is 19.1 Å². The molecular formula is C9H7BrF2INO2. The Bertz CT molecular complexity index is 415. The fourth-order valence-corrected chi connectivity index (χ4v) is 2.29. The zero-order valence-electron chi connectivity index (χ0n) is 8.14. The normalized spacial score (nSPS) is 10.6. The summed E-state index contributed by atoms with van der Waals surface area (Å²) in [6.07, 6.45) is -1.47. The lowest BCUT2D eigenvalue weighted by molar-refractivity contribution is -0.139. The maximum atomic E-state index is 12.8. The number of esters is 1. The fourth-order valence-electron chi connectivity index (χ4n) is 1.13. The first-order valence-electron chi connectivity index (χ1n) is 4.15. The van der Waals surface area contributed by atoms with Gasteiger partial charge in [-0.2, -0.15) is 0 Å². The Hall–Kier alpha value is -0.310. The molecule has 0 aromatic carbocycles. The van der Waals surface area contributed by atoms with E-state index in [0.717, 1.165) is 0 Å². The molecule has 16 heavy (non-hydrogen) atoms. The zero-order chi connectivity index (χ0) is 12.3. The highest BCUT2D eigenvalue weighted by Gasteiger charge is 2.22. The van der Waals surface area contributed by atoms with Crippen molar-refractivity contribution in [2.24, 2.45) is 0 Å². The van der Waals surface area contributed by atoms with Crippen molar-refractivity contribution in [3.63, 3.8) is 0 Å². The molecule has 0 aliphatic carbocycles. The third kappa shape index (κ3) is 3.09. The number of ether oxygens (including phenoxy) is 1. The highest BCUT2D eigenvalue weighted by molar-refractivity contribution is 14.1. The molecule has 1 aromatic rings. The van der Waals surface area contributed by atoms with Crippen LogP contribution >= 0.6 is 38.5 Å². The van der Waals surface area contributed by atoms with Crippen LogP contribution in [0.4, 0.5) is 8.78 Å². The van der Waals surface area contributed by atoms with E-state index in [2.05, 4.69) is 25.7 Å². The summed E-state index contributed by atoms with van der Waals surface area (Å²) in [4.78, 5) is 14.9. The van der Waals surface area contributed by atoms with Gasteiger partial charge < -0.3 is 4.74 Å². The van der Waals surface area contributed by atoms with Crippen LogP contribution in [0.25, 0.3) is 0 Å². The Morgan fingerprint density at radius 1 is 1.69 bits per heavy atom. The molecule has 0 aliphatic heterocycles. The van der Waals surface area contributed by atoms with Gasteiger partial charge in [0.1, 0.15) is 3.70 Å². The second-order valence-corrected chi connectivity index (χ2v) is 4.72. The van der Waals surface area contributed by atoms with Crippen LogP contribution in [0.2, 0.25) is 0 Å². The van der Waals surface area contributed by atoms with Crippen molar-refractivity contribution in [3.8, 4) is 0 Å². The van der Waals surface area contributed by atoms with Crippen LogP contribution in [0.1, 0.15) is 17.6 Å². The third-order valence-electron chi connectivity index (χ3n) is 1.89. The van der Waals surface area contributed by atoms with Gasteiger partial charge >= 0.3 is 5.97 Å². The molecular weight excluding hydrogens is 399 g/mol. The number of pyridine rings is 1. The smallest absolute Gasteiger partial charge is 0.310 e. The first kappa shape index (κ1) is 13.8. The Kier molecular flexibility index (Phi) is 5.03. The molecule has 1 rings (SSSR count). The average molecular weight is 406 g/mol. The van der Waals surface area contributed by atoms with Crippen molar-refractivity contribution >= 4 is 44.5 Å². The summed E-state index contributed by atoms with van der Waals surface area (Å²) in [5.74, 6) is -0.565. The van der Waals surface area contributed by atoms with Crippen molar-refractivity contribution in [1.29, 1.82) is 0 Å². The Morgan fingerprint density at radius 2 is 2.31 bits per heavy atom. The Labute approximate surface area is 113 Å². The minimum atomic E-state index is -2.67. The predicted molar refractivity (Wildman–Crippen MR) is 65.3 cm³/mol. The van der Waals surface area contributed by atoms with Gasteiger partial charge in [0.2, 0.25) is 0 Å². The maximum absolute atomic E-state index is 12.8. The standard InChI is InChI=1S/C9H7BrF2INO2/c1-16-6(15)2-4-5(10)3-14-9(13)7(4)8(11)12/h3,8H,2H2,1H3. The van der Waals surface area contributed by atoms with E-state index < -0.39 is 12.4 Å². The topological polar surface area (TPSA) is 39.2 Å². The fraction of sp³-hybridized carbons (Fsp3) is 0.333. The number of nitrogens with zero attached hydrogens (tertiary/aromatic N) is 1. The average Bonchev–Trinajstić information content (AvgIpc) is 2.22. The van der Waals surface area contributed by atoms with E-state index in [9.17, 15) is 13.6 Å². The van der Waals surface area contributed by atoms with E-state index in [-0.39, 0.29) is 21.2 Å². The summed E-state index contributed by atoms with van der Waals surface area (Å²) in [5.41, 5.74) is 0.00150. The molecule has 0 N–H and O–H groups in total. The Balaban J connectivity index is 3.23. The van der Waals surface area contributed by atoms with Crippen LogP contribution in [-0.4, -0.2) is 18.1 Å². The van der Waals surface area contributed by atoms with Crippen molar-refractivity contribution in [3.05, 3.63) is 25.5 Å². The molecule has 0 radical (unpaired) electrons. The molecule has 7 heteroatoms. The highest BCUT2D eigenvalue weighted by Crippen LogP contribution is 2.31. The van der Waals surface area contributed by atoms with Gasteiger partial charge in [-0.3, -0.25) is 4.79 Å². The number of aromatic nitrogens is 1. The summed E-state index contributed by atoms with van der Waals surface area (Å²) >= 11 is 4.81. The van der Waals surface area contributed by atoms with Crippen molar-refractivity contribution in [2.45, 2.75) is 12.8 Å². The number of alkyl halides is 2. The molecule has 0 saturated carbocycles. The largest absolute Gasteiger partial charge is 0.469 e. The monoisotopic (exact) mass is 405 g/mol. The maximum Gasteiger partial charge on any atom is 0.310 e. The highest BCUT2D eigenvalue weighted by atomic mass is 127. The molecule has 0 amide bonds. The van der Waals surface area contributed by atoms with Gasteiger partial charge in [0.25, 0.3) is 6.43 Å². The summed E-state index contributed by atoms with van der Waals surface area (Å²) in [7, 11) is 1.21. The molecule has 0 unspecified atom stereocenters. The Morgan fingerprint density at radius 3 is 2.81 bits per heavy atom. The molecule has 1 aromatic heterocycles. The van der Waals surface area contributed by atoms with E-state index in [1.54, 1.807) is 22.6 Å². The van der Waals surface area contributed by atoms with Crippen LogP contribution in [0.3, 0.4) is 0 Å². The summed E-state index contributed by atoms with van der Waals surface area (Å²) in [5, 5.41) is 0. The van der Waals surface area contributed by atoms with Gasteiger partial charge in [-0.1, -0.05) is 0 Å². The lowest BCUT2D eigenvalue weighted by atomic mass is 10.1. The van der Waals surface area contributed by atoms with Crippen LogP contribution < -0.4 is 0 Å². The van der Waals surface area contributed by atoms with Gasteiger partial charge in [0.15, 0.2) is 0 Å². The van der Waals surface area contributed by atoms with Gasteiger partial charge in [-0.05, 0) is 44.1 Å². The van der Waals surface area contributed by atoms with Crippen LogP contribution in [0, 0.1) is 3.70 Å². The minimum Gasteiger partial charge on any atom is -0.469 e. The van der Waals surface area contributed by atoms with Crippen LogP contribution in [0.15, 0.2) is 10.7 Å². The van der Waals surface area contributed by atoms with E-state index in [0.29, 0.717) is 4.47 Å². The van der Waals surface area contributed by atoms with Gasteiger partial charge in [-0.15, -0.1) is 0 Å². The zero-order valence-corrected chi connectivity index (χ0v) is 11.9. The number of methoxy groups -OCH3 is 1. The van der Waals surface area contributed by atoms with Crippen molar-refractivity contribution in [1.82, 2.24) is 4.98 Å². The van der Waals surface area contributed by atoms with Gasteiger partial charge in [-0.25, -0.2) is 13.8 Å². The molecule has 0 atom stereocenters. The molecule has 1 heterocycles. The number of hydrogen-bond acceptors (Lipinski definition) is 3. The number of halogens is 4. The number of hydrogen-bond donors (Lipinski definition) is 0. The quantitative estimate of drug-likeness (QED) is 0.440. The number of carbonyl (C=O) groups excluding carboxylic acids is 1. The molecule has 0 saturated heterocycles. The molecule has 0 aliphatic rings. The summed E-state index contributed by atoms with van der Waals surface area (Å²) in [6.45, 7) is 0. The predicted octanol–water partition coefficient (Wildman–Crippen LogP) is 3.10. The lowest BCUT2D eigenvalue weighted by Crippen LogP contribution is -2.10. The molecule has 0 fully saturated rings. The number of rotatable bonds is 3. The van der Waals surface area contributed by atoms with Crippen LogP contribution in [0.5, 0.6) is 0 Å². The lowest BCUT2D eigenvalue weighted by Gasteiger charge is -2.11. The van der Waals surface area contributed by atoms with Gasteiger partial charge in [0, 0.05) is 10.7 Å². The first-order chi connectivity index (χ1) is 7.47. The SMILES string of the molecule is COC(=O)Cc1c(Br)cnc(I)c1C(F)F. The van der Waals surface area contributed by atoms with E-state index in [1.807, 2.05) is 0 Å². The summed E-state index contributed by atoms with van der Waals surface area (Å²) in [6, 6.07) is 0. The summed E-state index contributed by atoms with van der Waals surface area (Å²) < 4.78 is 30.6. The molecule has 0 spiro atoms. The second-order valence-electron chi connectivity index (χ2n) is 2.84. The van der Waals surface area contributed by atoms with Crippen molar-refractivity contribution in [2.75, 3.05) is 7.11 Å². The molecule has 88 valence electrons. The second kappa shape index (κ2) is 5.85. The number of carbonyl (C=O) groups is 1.